The molecule has 0 saturated carbocycles. The second kappa shape index (κ2) is 4.97. The van der Waals surface area contributed by atoms with Gasteiger partial charge in [0, 0.05) is 19.5 Å². The van der Waals surface area contributed by atoms with E-state index < -0.39 is 0 Å². The fraction of sp³-hybridized carbons (Fsp3) is 0.400. The number of hydrogen-bond donors (Lipinski definition) is 1. The maximum Gasteiger partial charge on any atom is 0.0216 e. The van der Waals surface area contributed by atoms with Crippen LogP contribution >= 0.6 is 11.3 Å². The number of thiophene rings is 1. The molecule has 2 heteroatoms. The quantitative estimate of drug-likeness (QED) is 0.552. The zero-order valence-electron chi connectivity index (χ0n) is 7.26. The molecule has 0 unspecified atom stereocenters. The third-order valence-electron chi connectivity index (χ3n) is 1.72. The Labute approximate surface area is 77.8 Å². The maximum absolute atomic E-state index is 5.13. The van der Waals surface area contributed by atoms with Crippen LogP contribution < -0.4 is 5.32 Å². The van der Waals surface area contributed by atoms with Crippen LogP contribution in [0.2, 0.25) is 0 Å². The second-order valence-corrected chi connectivity index (χ2v) is 3.45. The number of terminal acetylenes is 1. The van der Waals surface area contributed by atoms with Crippen LogP contribution in [0.4, 0.5) is 0 Å². The molecule has 0 fully saturated rings. The number of hydrogen-bond acceptors (Lipinski definition) is 2. The van der Waals surface area contributed by atoms with Crippen LogP contribution in [0.1, 0.15) is 17.5 Å². The predicted octanol–water partition coefficient (Wildman–Crippen LogP) is 2.17. The van der Waals surface area contributed by atoms with Gasteiger partial charge in [-0.3, -0.25) is 0 Å². The van der Waals surface area contributed by atoms with E-state index in [-0.39, 0.29) is 0 Å². The van der Waals surface area contributed by atoms with Gasteiger partial charge in [0.25, 0.3) is 0 Å². The van der Waals surface area contributed by atoms with Crippen LogP contribution in [0.3, 0.4) is 0 Å². The van der Waals surface area contributed by atoms with Gasteiger partial charge in [0.2, 0.25) is 0 Å². The highest BCUT2D eigenvalue weighted by Gasteiger charge is 1.96. The van der Waals surface area contributed by atoms with Gasteiger partial charge in [-0.25, -0.2) is 0 Å². The van der Waals surface area contributed by atoms with Gasteiger partial charge in [-0.15, -0.1) is 12.3 Å². The molecule has 1 nitrogen and oxygen atoms in total. The Morgan fingerprint density at radius 2 is 2.42 bits per heavy atom. The summed E-state index contributed by atoms with van der Waals surface area (Å²) >= 11 is 1.75. The lowest BCUT2D eigenvalue weighted by Crippen LogP contribution is -2.14. The molecule has 1 aromatic rings. The molecule has 0 aliphatic heterocycles. The molecule has 0 atom stereocenters. The standard InChI is InChI=1S/C10H13NS/c1-3-4-5-11-6-10-8-12-7-9(10)2/h1,7-8,11H,4-6H2,2H3. The van der Waals surface area contributed by atoms with Crippen LogP contribution in [0.5, 0.6) is 0 Å². The summed E-state index contributed by atoms with van der Waals surface area (Å²) in [6, 6.07) is 0. The van der Waals surface area contributed by atoms with Crippen LogP contribution in [-0.4, -0.2) is 6.54 Å². The summed E-state index contributed by atoms with van der Waals surface area (Å²) in [4.78, 5) is 0. The summed E-state index contributed by atoms with van der Waals surface area (Å²) < 4.78 is 0. The van der Waals surface area contributed by atoms with E-state index in [9.17, 15) is 0 Å². The van der Waals surface area contributed by atoms with Crippen molar-refractivity contribution in [3.05, 3.63) is 21.9 Å². The first-order valence-electron chi connectivity index (χ1n) is 4.00. The first-order chi connectivity index (χ1) is 5.84. The van der Waals surface area contributed by atoms with E-state index in [0.717, 1.165) is 19.5 Å². The molecule has 0 aliphatic rings. The zero-order valence-corrected chi connectivity index (χ0v) is 8.08. The highest BCUT2D eigenvalue weighted by Crippen LogP contribution is 2.12. The molecule has 1 aromatic heterocycles. The van der Waals surface area contributed by atoms with Crippen LogP contribution in [0.25, 0.3) is 0 Å². The van der Waals surface area contributed by atoms with E-state index in [2.05, 4.69) is 28.9 Å². The molecule has 0 aliphatic carbocycles. The molecule has 0 bridgehead atoms. The van der Waals surface area contributed by atoms with Crippen LogP contribution in [0, 0.1) is 19.3 Å². The predicted molar refractivity (Wildman–Crippen MR) is 54.2 cm³/mol. The van der Waals surface area contributed by atoms with Crippen molar-refractivity contribution in [1.82, 2.24) is 5.32 Å². The minimum atomic E-state index is 0.809. The van der Waals surface area contributed by atoms with Crippen molar-refractivity contribution in [2.45, 2.75) is 19.9 Å². The Morgan fingerprint density at radius 1 is 1.58 bits per heavy atom. The van der Waals surface area contributed by atoms with Crippen molar-refractivity contribution in [3.63, 3.8) is 0 Å². The summed E-state index contributed by atoms with van der Waals surface area (Å²) in [5, 5.41) is 7.64. The molecule has 0 radical (unpaired) electrons. The minimum absolute atomic E-state index is 0.809. The van der Waals surface area contributed by atoms with Crippen molar-refractivity contribution in [1.29, 1.82) is 0 Å². The van der Waals surface area contributed by atoms with Crippen molar-refractivity contribution < 1.29 is 0 Å². The van der Waals surface area contributed by atoms with Crippen molar-refractivity contribution in [2.24, 2.45) is 0 Å². The first-order valence-corrected chi connectivity index (χ1v) is 4.94. The highest BCUT2D eigenvalue weighted by molar-refractivity contribution is 7.08. The van der Waals surface area contributed by atoms with E-state index >= 15 is 0 Å². The third kappa shape index (κ3) is 2.69. The van der Waals surface area contributed by atoms with E-state index in [0.29, 0.717) is 0 Å². The summed E-state index contributed by atoms with van der Waals surface area (Å²) in [7, 11) is 0. The van der Waals surface area contributed by atoms with Gasteiger partial charge in [-0.1, -0.05) is 0 Å². The van der Waals surface area contributed by atoms with Gasteiger partial charge in [-0.05, 0) is 28.8 Å². The summed E-state index contributed by atoms with van der Waals surface area (Å²) in [5.41, 5.74) is 2.75. The number of aryl methyl sites for hydroxylation is 1. The van der Waals surface area contributed by atoms with Gasteiger partial charge in [-0.2, -0.15) is 11.3 Å². The van der Waals surface area contributed by atoms with Gasteiger partial charge in [0.05, 0.1) is 0 Å². The van der Waals surface area contributed by atoms with Crippen molar-refractivity contribution in [2.75, 3.05) is 6.54 Å². The number of nitrogens with one attached hydrogen (secondary N) is 1. The Hall–Kier alpha value is -0.780. The van der Waals surface area contributed by atoms with E-state index in [1.54, 1.807) is 11.3 Å². The van der Waals surface area contributed by atoms with E-state index in [4.69, 9.17) is 6.42 Å². The topological polar surface area (TPSA) is 12.0 Å². The molecule has 1 heterocycles. The fourth-order valence-electron chi connectivity index (χ4n) is 0.952. The lowest BCUT2D eigenvalue weighted by atomic mass is 10.2. The average Bonchev–Trinajstić information content (AvgIpc) is 2.46. The Balaban J connectivity index is 2.25. The summed E-state index contributed by atoms with van der Waals surface area (Å²) in [6.07, 6.45) is 5.94. The van der Waals surface area contributed by atoms with E-state index in [1.807, 2.05) is 0 Å². The lowest BCUT2D eigenvalue weighted by Gasteiger charge is -2.00. The largest absolute Gasteiger partial charge is 0.312 e. The van der Waals surface area contributed by atoms with Gasteiger partial charge < -0.3 is 5.32 Å². The average molecular weight is 179 g/mol. The van der Waals surface area contributed by atoms with Crippen LogP contribution in [0.15, 0.2) is 10.8 Å². The van der Waals surface area contributed by atoms with Gasteiger partial charge >= 0.3 is 0 Å². The second-order valence-electron chi connectivity index (χ2n) is 2.71. The number of rotatable bonds is 4. The molecular weight excluding hydrogens is 166 g/mol. The molecule has 12 heavy (non-hydrogen) atoms. The third-order valence-corrected chi connectivity index (χ3v) is 2.63. The van der Waals surface area contributed by atoms with Gasteiger partial charge in [0.15, 0.2) is 0 Å². The molecule has 0 aromatic carbocycles. The van der Waals surface area contributed by atoms with Crippen molar-refractivity contribution in [3.8, 4) is 12.3 Å². The minimum Gasteiger partial charge on any atom is -0.312 e. The Bertz CT molecular complexity index is 270. The Kier molecular flexibility index (Phi) is 3.86. The molecule has 64 valence electrons. The monoisotopic (exact) mass is 179 g/mol. The molecule has 1 N–H and O–H groups in total. The Morgan fingerprint density at radius 3 is 3.00 bits per heavy atom. The fourth-order valence-corrected chi connectivity index (χ4v) is 1.81. The smallest absolute Gasteiger partial charge is 0.0216 e. The maximum atomic E-state index is 5.13. The van der Waals surface area contributed by atoms with Crippen LogP contribution in [-0.2, 0) is 6.54 Å². The highest BCUT2D eigenvalue weighted by atomic mass is 32.1. The molecule has 0 amide bonds. The van der Waals surface area contributed by atoms with E-state index in [1.165, 1.54) is 11.1 Å². The molecule has 0 spiro atoms. The zero-order chi connectivity index (χ0) is 8.81. The molecule has 0 saturated heterocycles. The van der Waals surface area contributed by atoms with Crippen molar-refractivity contribution >= 4 is 11.3 Å². The molecule has 1 rings (SSSR count). The first kappa shape index (κ1) is 9.31. The van der Waals surface area contributed by atoms with Gasteiger partial charge in [0.1, 0.15) is 0 Å². The molecular formula is C10H13NS. The SMILES string of the molecule is C#CCCNCc1cscc1C. The lowest BCUT2D eigenvalue weighted by molar-refractivity contribution is 0.700. The summed E-state index contributed by atoms with van der Waals surface area (Å²) in [5.74, 6) is 2.60. The normalized spacial score (nSPS) is 9.67. The summed E-state index contributed by atoms with van der Waals surface area (Å²) in [6.45, 7) is 3.98.